The van der Waals surface area contributed by atoms with Crippen molar-refractivity contribution in [2.75, 3.05) is 4.90 Å². The molecular formula is C45H33FN2. The molecule has 48 heavy (non-hydrogen) atoms. The summed E-state index contributed by atoms with van der Waals surface area (Å²) in [6, 6.07) is 57.0. The van der Waals surface area contributed by atoms with E-state index in [1.54, 1.807) is 0 Å². The molecule has 0 saturated carbocycles. The number of aromatic nitrogens is 1. The molecule has 0 bridgehead atoms. The molecule has 0 fully saturated rings. The van der Waals surface area contributed by atoms with E-state index in [1.807, 2.05) is 12.1 Å². The molecule has 0 spiro atoms. The first kappa shape index (κ1) is 28.3. The molecule has 1 heterocycles. The highest BCUT2D eigenvalue weighted by Gasteiger charge is 2.36. The van der Waals surface area contributed by atoms with Crippen LogP contribution in [0.2, 0.25) is 0 Å². The SMILES string of the molecule is CC1(C)c2ccccc2-c2ccc(N(c3ccc4c5ccccc5n(-c5ccc(F)cc5)c4c3)c3ccccc3-c3ccccc3)cc21. The Morgan fingerprint density at radius 3 is 1.96 bits per heavy atom. The lowest BCUT2D eigenvalue weighted by atomic mass is 9.82. The third kappa shape index (κ3) is 4.31. The Morgan fingerprint density at radius 1 is 0.500 bits per heavy atom. The smallest absolute Gasteiger partial charge is 0.123 e. The summed E-state index contributed by atoms with van der Waals surface area (Å²) in [5.41, 5.74) is 13.8. The Kier molecular flexibility index (Phi) is 6.38. The molecule has 0 aliphatic heterocycles. The third-order valence-corrected chi connectivity index (χ3v) is 10.1. The molecule has 9 rings (SSSR count). The van der Waals surface area contributed by atoms with Crippen molar-refractivity contribution in [1.82, 2.24) is 4.57 Å². The van der Waals surface area contributed by atoms with Crippen LogP contribution >= 0.6 is 0 Å². The summed E-state index contributed by atoms with van der Waals surface area (Å²) in [5, 5.41) is 2.32. The van der Waals surface area contributed by atoms with E-state index in [-0.39, 0.29) is 11.2 Å². The molecule has 1 aromatic heterocycles. The molecule has 2 nitrogen and oxygen atoms in total. The highest BCUT2D eigenvalue weighted by Crippen LogP contribution is 2.51. The van der Waals surface area contributed by atoms with Crippen molar-refractivity contribution in [1.29, 1.82) is 0 Å². The topological polar surface area (TPSA) is 8.17 Å². The minimum absolute atomic E-state index is 0.133. The molecule has 3 heteroatoms. The van der Waals surface area contributed by atoms with Gasteiger partial charge in [0, 0.05) is 38.8 Å². The predicted octanol–water partition coefficient (Wildman–Crippen LogP) is 12.4. The lowest BCUT2D eigenvalue weighted by molar-refractivity contribution is 0.627. The maximum atomic E-state index is 14.1. The Bertz CT molecular complexity index is 2490. The summed E-state index contributed by atoms with van der Waals surface area (Å²) in [6.07, 6.45) is 0. The average Bonchev–Trinajstić information content (AvgIpc) is 3.57. The number of nitrogens with zero attached hydrogens (tertiary/aromatic N) is 2. The molecule has 7 aromatic carbocycles. The number of anilines is 3. The summed E-state index contributed by atoms with van der Waals surface area (Å²) in [4.78, 5) is 2.40. The second kappa shape index (κ2) is 10.8. The number of hydrogen-bond acceptors (Lipinski definition) is 1. The van der Waals surface area contributed by atoms with Crippen LogP contribution in [0, 0.1) is 5.82 Å². The number of rotatable bonds is 5. The number of halogens is 1. The largest absolute Gasteiger partial charge is 0.310 e. The number of para-hydroxylation sites is 2. The minimum Gasteiger partial charge on any atom is -0.310 e. The van der Waals surface area contributed by atoms with Gasteiger partial charge in [0.2, 0.25) is 0 Å². The molecule has 0 radical (unpaired) electrons. The summed E-state index contributed by atoms with van der Waals surface area (Å²) in [5.74, 6) is -0.245. The average molecular weight is 621 g/mol. The molecule has 0 saturated heterocycles. The lowest BCUT2D eigenvalue weighted by Crippen LogP contribution is -2.17. The van der Waals surface area contributed by atoms with Gasteiger partial charge in [-0.2, -0.15) is 0 Å². The third-order valence-electron chi connectivity index (χ3n) is 10.1. The lowest BCUT2D eigenvalue weighted by Gasteiger charge is -2.30. The van der Waals surface area contributed by atoms with Gasteiger partial charge in [-0.25, -0.2) is 4.39 Å². The number of fused-ring (bicyclic) bond motifs is 6. The first-order chi connectivity index (χ1) is 23.5. The Balaban J connectivity index is 1.32. The van der Waals surface area contributed by atoms with Crippen LogP contribution in [0.3, 0.4) is 0 Å². The summed E-state index contributed by atoms with van der Waals surface area (Å²) >= 11 is 0. The normalized spacial score (nSPS) is 13.1. The van der Waals surface area contributed by atoms with Gasteiger partial charge in [-0.1, -0.05) is 117 Å². The van der Waals surface area contributed by atoms with Gasteiger partial charge in [0.15, 0.2) is 0 Å². The van der Waals surface area contributed by atoms with Crippen molar-refractivity contribution < 1.29 is 4.39 Å². The van der Waals surface area contributed by atoms with Crippen molar-refractivity contribution in [2.45, 2.75) is 19.3 Å². The molecule has 230 valence electrons. The Morgan fingerprint density at radius 2 is 1.12 bits per heavy atom. The zero-order chi connectivity index (χ0) is 32.4. The first-order valence-corrected chi connectivity index (χ1v) is 16.5. The van der Waals surface area contributed by atoms with E-state index in [2.05, 4.69) is 163 Å². The van der Waals surface area contributed by atoms with Crippen molar-refractivity contribution >= 4 is 38.9 Å². The van der Waals surface area contributed by atoms with Gasteiger partial charge in [0.05, 0.1) is 16.7 Å². The van der Waals surface area contributed by atoms with Crippen molar-refractivity contribution in [2.24, 2.45) is 0 Å². The minimum atomic E-state index is -0.245. The van der Waals surface area contributed by atoms with E-state index in [0.29, 0.717) is 0 Å². The van der Waals surface area contributed by atoms with E-state index >= 15 is 0 Å². The van der Waals surface area contributed by atoms with Crippen LogP contribution in [0.25, 0.3) is 49.7 Å². The molecule has 0 unspecified atom stereocenters. The van der Waals surface area contributed by atoms with E-state index < -0.39 is 0 Å². The number of hydrogen-bond donors (Lipinski definition) is 0. The van der Waals surface area contributed by atoms with Crippen LogP contribution in [0.4, 0.5) is 21.5 Å². The maximum absolute atomic E-state index is 14.1. The molecule has 0 atom stereocenters. The monoisotopic (exact) mass is 620 g/mol. The second-order valence-corrected chi connectivity index (χ2v) is 13.1. The molecular weight excluding hydrogens is 588 g/mol. The van der Waals surface area contributed by atoms with Gasteiger partial charge >= 0.3 is 0 Å². The van der Waals surface area contributed by atoms with Gasteiger partial charge in [0.25, 0.3) is 0 Å². The summed E-state index contributed by atoms with van der Waals surface area (Å²) in [6.45, 7) is 4.66. The fourth-order valence-corrected chi connectivity index (χ4v) is 7.76. The standard InChI is InChI=1S/C45H33FN2/c1-45(2)40-17-9-6-15-36(40)37-26-24-33(28-41(37)45)47(42-18-10-7-14-35(42)30-12-4-3-5-13-30)34-25-27-39-38-16-8-11-19-43(38)48(44(39)29-34)32-22-20-31(46)21-23-32/h3-29H,1-2H3. The van der Waals surface area contributed by atoms with Crippen molar-refractivity contribution in [3.8, 4) is 27.9 Å². The Hall–Kier alpha value is -5.93. The van der Waals surface area contributed by atoms with Crippen LogP contribution in [-0.4, -0.2) is 4.57 Å². The maximum Gasteiger partial charge on any atom is 0.123 e. The van der Waals surface area contributed by atoms with E-state index in [4.69, 9.17) is 0 Å². The highest BCUT2D eigenvalue weighted by atomic mass is 19.1. The van der Waals surface area contributed by atoms with Gasteiger partial charge < -0.3 is 9.47 Å². The highest BCUT2D eigenvalue weighted by molar-refractivity contribution is 6.10. The van der Waals surface area contributed by atoms with E-state index in [0.717, 1.165) is 55.7 Å². The Labute approximate surface area is 280 Å². The first-order valence-electron chi connectivity index (χ1n) is 16.5. The van der Waals surface area contributed by atoms with Crippen LogP contribution in [0.1, 0.15) is 25.0 Å². The van der Waals surface area contributed by atoms with Crippen LogP contribution in [-0.2, 0) is 5.41 Å². The van der Waals surface area contributed by atoms with Gasteiger partial charge in [0.1, 0.15) is 5.82 Å². The van der Waals surface area contributed by atoms with Gasteiger partial charge in [-0.05, 0) is 88.5 Å². The zero-order valence-electron chi connectivity index (χ0n) is 26.9. The van der Waals surface area contributed by atoms with Gasteiger partial charge in [-0.3, -0.25) is 0 Å². The van der Waals surface area contributed by atoms with Crippen LogP contribution in [0.5, 0.6) is 0 Å². The van der Waals surface area contributed by atoms with Crippen molar-refractivity contribution in [3.63, 3.8) is 0 Å². The van der Waals surface area contributed by atoms with E-state index in [1.165, 1.54) is 34.4 Å². The van der Waals surface area contributed by atoms with Crippen LogP contribution < -0.4 is 4.90 Å². The second-order valence-electron chi connectivity index (χ2n) is 13.1. The molecule has 0 amide bonds. The molecule has 8 aromatic rings. The summed E-state index contributed by atoms with van der Waals surface area (Å²) in [7, 11) is 0. The molecule has 1 aliphatic carbocycles. The molecule has 0 N–H and O–H groups in total. The fraction of sp³-hybridized carbons (Fsp3) is 0.0667. The van der Waals surface area contributed by atoms with E-state index in [9.17, 15) is 4.39 Å². The number of benzene rings is 7. The fourth-order valence-electron chi connectivity index (χ4n) is 7.76. The van der Waals surface area contributed by atoms with Gasteiger partial charge in [-0.15, -0.1) is 0 Å². The predicted molar refractivity (Wildman–Crippen MR) is 198 cm³/mol. The molecule has 1 aliphatic rings. The van der Waals surface area contributed by atoms with Crippen LogP contribution in [0.15, 0.2) is 164 Å². The zero-order valence-corrected chi connectivity index (χ0v) is 26.9. The quantitative estimate of drug-likeness (QED) is 0.186. The van der Waals surface area contributed by atoms with Crippen molar-refractivity contribution in [3.05, 3.63) is 181 Å². The summed E-state index contributed by atoms with van der Waals surface area (Å²) < 4.78 is 16.3.